The van der Waals surface area contributed by atoms with E-state index in [9.17, 15) is 0 Å². The molecule has 14 rings (SSSR count). The van der Waals surface area contributed by atoms with Crippen molar-refractivity contribution in [2.45, 2.75) is 116 Å². The van der Waals surface area contributed by atoms with Gasteiger partial charge in [-0.2, -0.15) is 0 Å². The second-order valence-corrected chi connectivity index (χ2v) is 26.1. The summed E-state index contributed by atoms with van der Waals surface area (Å²) < 4.78 is 2.62. The van der Waals surface area contributed by atoms with Crippen LogP contribution >= 0.6 is 0 Å². The first-order chi connectivity index (χ1) is 35.6. The van der Waals surface area contributed by atoms with E-state index < -0.39 is 0 Å². The summed E-state index contributed by atoms with van der Waals surface area (Å²) in [6.45, 7) is 31.1. The minimum atomic E-state index is -0.200. The third-order valence-electron chi connectivity index (χ3n) is 18.9. The fourth-order valence-electron chi connectivity index (χ4n) is 14.3. The molecule has 1 N–H and O–H groups in total. The second kappa shape index (κ2) is 15.2. The summed E-state index contributed by atoms with van der Waals surface area (Å²) in [5.74, 6) is 0. The van der Waals surface area contributed by atoms with Crippen LogP contribution in [-0.2, 0) is 27.1 Å². The van der Waals surface area contributed by atoms with Crippen molar-refractivity contribution in [3.8, 4) is 39.1 Å². The molecule has 3 aliphatic carbocycles. The Balaban J connectivity index is 1.04. The van der Waals surface area contributed by atoms with Crippen LogP contribution in [0.25, 0.3) is 72.1 Å². The lowest BCUT2D eigenvalue weighted by molar-refractivity contribution is 0.331. The van der Waals surface area contributed by atoms with Crippen LogP contribution in [0, 0.1) is 0 Å². The number of benzene rings is 8. The Morgan fingerprint density at radius 3 is 1.91 bits per heavy atom. The summed E-state index contributed by atoms with van der Waals surface area (Å²) in [5, 5.41) is 6.64. The van der Waals surface area contributed by atoms with Crippen molar-refractivity contribution >= 4 is 68.3 Å². The van der Waals surface area contributed by atoms with Crippen LogP contribution in [0.5, 0.6) is 0 Å². The summed E-state index contributed by atoms with van der Waals surface area (Å²) in [7, 11) is 4.71. The molecule has 0 unspecified atom stereocenters. The first-order valence-corrected chi connectivity index (χ1v) is 27.4. The van der Waals surface area contributed by atoms with Gasteiger partial charge in [-0.25, -0.2) is 0 Å². The van der Waals surface area contributed by atoms with Crippen molar-refractivity contribution in [3.63, 3.8) is 0 Å². The monoisotopic (exact) mass is 973 g/mol. The smallest absolute Gasteiger partial charge is 0.197 e. The fraction of sp³-hybridized carbons (Fsp3) is 0.268. The van der Waals surface area contributed by atoms with E-state index in [1.54, 1.807) is 0 Å². The number of aromatic nitrogens is 1. The summed E-state index contributed by atoms with van der Waals surface area (Å²) in [6.07, 6.45) is 4.63. The van der Waals surface area contributed by atoms with Gasteiger partial charge in [-0.1, -0.05) is 179 Å². The minimum Gasteiger partial charge on any atom is -0.355 e. The maximum absolute atomic E-state index is 4.72. The lowest BCUT2D eigenvalue weighted by Crippen LogP contribution is -2.38. The average Bonchev–Trinajstić information content (AvgIpc) is 3.95. The molecule has 1 radical (unpaired) electrons. The van der Waals surface area contributed by atoms with Gasteiger partial charge >= 0.3 is 0 Å². The molecular formula is C71H67BN3. The molecule has 0 amide bonds. The molecule has 75 heavy (non-hydrogen) atoms. The fourth-order valence-corrected chi connectivity index (χ4v) is 14.3. The normalized spacial score (nSPS) is 17.6. The number of hydrogen-bond donors (Lipinski definition) is 1. The van der Waals surface area contributed by atoms with Crippen molar-refractivity contribution in [2.24, 2.45) is 0 Å². The van der Waals surface area contributed by atoms with E-state index in [2.05, 4.69) is 251 Å². The lowest BCUT2D eigenvalue weighted by Gasteiger charge is -2.42. The molecule has 0 bridgehead atoms. The molecule has 0 spiro atoms. The van der Waals surface area contributed by atoms with Crippen LogP contribution in [0.15, 0.2) is 152 Å². The van der Waals surface area contributed by atoms with Gasteiger partial charge in [-0.15, -0.1) is 0 Å². The molecule has 3 nitrogen and oxygen atoms in total. The topological polar surface area (TPSA) is 20.2 Å². The molecule has 0 fully saturated rings. The highest BCUT2D eigenvalue weighted by molar-refractivity contribution is 6.73. The van der Waals surface area contributed by atoms with E-state index >= 15 is 0 Å². The van der Waals surface area contributed by atoms with Crippen LogP contribution in [0.3, 0.4) is 0 Å². The molecule has 9 aromatic rings. The van der Waals surface area contributed by atoms with E-state index in [-0.39, 0.29) is 27.1 Å². The highest BCUT2D eigenvalue weighted by Crippen LogP contribution is 2.57. The summed E-state index contributed by atoms with van der Waals surface area (Å²) in [4.78, 5) is 2.36. The molecule has 4 heteroatoms. The van der Waals surface area contributed by atoms with E-state index in [1.807, 2.05) is 0 Å². The van der Waals surface area contributed by atoms with Crippen LogP contribution < -0.4 is 21.1 Å². The van der Waals surface area contributed by atoms with E-state index in [1.165, 1.54) is 129 Å². The number of fused-ring (bicyclic) bond motifs is 13. The van der Waals surface area contributed by atoms with Gasteiger partial charge in [-0.05, 0) is 167 Å². The standard InChI is InChI=1S/C71H67BN3/c1-40-31-61(41-19-15-14-16-20-41)74(13)62-39-64-59(35-47(40)62)72-65-45(27-28-46-52-34-54-50(36-63(52)75(64)66(46)65)44-21-17-18-22-53(44)70(54,9)10)51-32-48-49-33-57-58(69(7,8)30-29-68(57,5)6)37-55(49)71(11,12)56(48)38-60(51)73-43-25-23-42(24-26-43)67(2,3)4/h14-28,31-39,73H,1,29-30H2,2-13H3. The van der Waals surface area contributed by atoms with Gasteiger partial charge < -0.3 is 14.8 Å². The predicted octanol–water partition coefficient (Wildman–Crippen LogP) is 16.9. The van der Waals surface area contributed by atoms with Crippen molar-refractivity contribution in [2.75, 3.05) is 17.3 Å². The molecule has 3 heterocycles. The molecule has 369 valence electrons. The van der Waals surface area contributed by atoms with Crippen molar-refractivity contribution < 1.29 is 0 Å². The Kier molecular flexibility index (Phi) is 9.37. The van der Waals surface area contributed by atoms with Crippen LogP contribution in [0.2, 0.25) is 0 Å². The number of allylic oxidation sites excluding steroid dienone is 2. The average molecular weight is 973 g/mol. The van der Waals surface area contributed by atoms with E-state index in [4.69, 9.17) is 6.58 Å². The quantitative estimate of drug-likeness (QED) is 0.177. The zero-order chi connectivity index (χ0) is 52.0. The summed E-state index contributed by atoms with van der Waals surface area (Å²) >= 11 is 0. The molecule has 0 atom stereocenters. The third-order valence-corrected chi connectivity index (χ3v) is 18.9. The van der Waals surface area contributed by atoms with Gasteiger partial charge in [0.1, 0.15) is 0 Å². The van der Waals surface area contributed by atoms with Gasteiger partial charge in [0.25, 0.3) is 0 Å². The van der Waals surface area contributed by atoms with E-state index in [0.29, 0.717) is 0 Å². The van der Waals surface area contributed by atoms with Crippen LogP contribution in [-0.4, -0.2) is 18.9 Å². The number of rotatable bonds is 4. The first-order valence-electron chi connectivity index (χ1n) is 27.4. The summed E-state index contributed by atoms with van der Waals surface area (Å²) in [5.41, 5.74) is 31.7. The Morgan fingerprint density at radius 1 is 0.533 bits per heavy atom. The number of hydrogen-bond acceptors (Lipinski definition) is 2. The van der Waals surface area contributed by atoms with E-state index in [0.717, 1.165) is 33.9 Å². The zero-order valence-corrected chi connectivity index (χ0v) is 45.9. The Labute approximate surface area is 445 Å². The third kappa shape index (κ3) is 6.47. The Hall–Kier alpha value is -7.30. The largest absolute Gasteiger partial charge is 0.355 e. The van der Waals surface area contributed by atoms with Crippen molar-refractivity contribution in [3.05, 3.63) is 202 Å². The highest BCUT2D eigenvalue weighted by Gasteiger charge is 2.44. The second-order valence-electron chi connectivity index (χ2n) is 26.1. The van der Waals surface area contributed by atoms with Crippen LogP contribution in [0.4, 0.5) is 17.1 Å². The zero-order valence-electron chi connectivity index (χ0n) is 45.9. The molecular weight excluding hydrogens is 906 g/mol. The number of nitrogens with zero attached hydrogens (tertiary/aromatic N) is 2. The first kappa shape index (κ1) is 46.3. The lowest BCUT2D eigenvalue weighted by atomic mass is 9.58. The molecule has 0 saturated heterocycles. The van der Waals surface area contributed by atoms with Gasteiger partial charge in [0.2, 0.25) is 0 Å². The highest BCUT2D eigenvalue weighted by atomic mass is 15.1. The van der Waals surface area contributed by atoms with Crippen LogP contribution in [0.1, 0.15) is 139 Å². The molecule has 5 aliphatic rings. The molecule has 2 aliphatic heterocycles. The molecule has 8 aromatic carbocycles. The van der Waals surface area contributed by atoms with Crippen molar-refractivity contribution in [1.82, 2.24) is 4.57 Å². The van der Waals surface area contributed by atoms with Gasteiger partial charge in [0, 0.05) is 68.1 Å². The van der Waals surface area contributed by atoms with Gasteiger partial charge in [0.15, 0.2) is 7.28 Å². The predicted molar refractivity (Wildman–Crippen MR) is 322 cm³/mol. The maximum Gasteiger partial charge on any atom is 0.197 e. The van der Waals surface area contributed by atoms with Crippen molar-refractivity contribution in [1.29, 1.82) is 0 Å². The van der Waals surface area contributed by atoms with Gasteiger partial charge in [0.05, 0.1) is 11.2 Å². The Morgan fingerprint density at radius 2 is 1.17 bits per heavy atom. The minimum absolute atomic E-state index is 0.0544. The maximum atomic E-state index is 4.72. The number of nitrogens with one attached hydrogen (secondary N) is 1. The molecule has 0 saturated carbocycles. The SMILES string of the molecule is C=C1C=C(c2ccccc2)N(C)c2cc3c(cc21)[B]c1c(-c2cc4c(cc2Nc2ccc(C(C)(C)C)cc2)C(C)(C)c2cc5c(cc2-4)C(C)(C)CCC5(C)C)ccc2c4cc5c(cc4n-3c12)-c1ccccc1C5(C)C. The number of anilines is 3. The summed E-state index contributed by atoms with van der Waals surface area (Å²) in [6, 6.07) is 54.0. The molecule has 1 aromatic heterocycles. The Bertz CT molecular complexity index is 4050. The van der Waals surface area contributed by atoms with Gasteiger partial charge in [-0.3, -0.25) is 0 Å².